The van der Waals surface area contributed by atoms with Crippen molar-refractivity contribution in [3.8, 4) is 10.6 Å². The number of benzene rings is 1. The molecule has 0 bridgehead atoms. The van der Waals surface area contributed by atoms with Gasteiger partial charge >= 0.3 is 6.18 Å². The van der Waals surface area contributed by atoms with Crippen LogP contribution in [0.3, 0.4) is 0 Å². The summed E-state index contributed by atoms with van der Waals surface area (Å²) in [6.07, 6.45) is -2.11. The van der Waals surface area contributed by atoms with Gasteiger partial charge in [0.25, 0.3) is 5.91 Å². The number of nitrogens with zero attached hydrogens (tertiary/aromatic N) is 4. The molecule has 31 heavy (non-hydrogen) atoms. The Balaban J connectivity index is 1.43. The van der Waals surface area contributed by atoms with Gasteiger partial charge in [-0.15, -0.1) is 11.3 Å². The van der Waals surface area contributed by atoms with Crippen molar-refractivity contribution in [2.24, 2.45) is 7.05 Å². The molecule has 0 saturated carbocycles. The average Bonchev–Trinajstić information content (AvgIpc) is 3.36. The van der Waals surface area contributed by atoms with Crippen molar-refractivity contribution >= 4 is 28.1 Å². The third-order valence-corrected chi connectivity index (χ3v) is 6.59. The maximum atomic E-state index is 13.1. The van der Waals surface area contributed by atoms with Crippen LogP contribution < -0.4 is 0 Å². The summed E-state index contributed by atoms with van der Waals surface area (Å²) in [6, 6.07) is 11.8. The average molecular weight is 442 g/mol. The van der Waals surface area contributed by atoms with E-state index in [0.29, 0.717) is 35.6 Å². The molecule has 5 rings (SSSR count). The van der Waals surface area contributed by atoms with E-state index in [1.54, 1.807) is 28.9 Å². The van der Waals surface area contributed by atoms with Gasteiger partial charge in [0.2, 0.25) is 0 Å². The number of halogens is 3. The largest absolute Gasteiger partial charge is 0.425 e. The smallest absolute Gasteiger partial charge is 0.332 e. The SMILES string of the molecule is Cn1nc2c(c1-c1ccc(C(F)(F)F)s1)CCN(C(=O)c1ccc3ncccc3c1)C2. The Morgan fingerprint density at radius 3 is 2.77 bits per heavy atom. The third-order valence-electron chi connectivity index (χ3n) is 5.46. The topological polar surface area (TPSA) is 51.0 Å². The van der Waals surface area contributed by atoms with E-state index in [2.05, 4.69) is 10.1 Å². The molecule has 0 aliphatic carbocycles. The van der Waals surface area contributed by atoms with Crippen molar-refractivity contribution in [1.29, 1.82) is 0 Å². The summed E-state index contributed by atoms with van der Waals surface area (Å²) in [6.45, 7) is 0.803. The Hall–Kier alpha value is -3.20. The Kier molecular flexibility index (Phi) is 4.58. The molecule has 0 radical (unpaired) electrons. The highest BCUT2D eigenvalue weighted by Crippen LogP contribution is 2.40. The summed E-state index contributed by atoms with van der Waals surface area (Å²) >= 11 is 0.717. The number of rotatable bonds is 2. The number of amides is 1. The number of alkyl halides is 3. The van der Waals surface area contributed by atoms with E-state index in [1.807, 2.05) is 24.3 Å². The molecular formula is C22H17F3N4OS. The fourth-order valence-corrected chi connectivity index (χ4v) is 4.99. The fraction of sp³-hybridized carbons (Fsp3) is 0.227. The highest BCUT2D eigenvalue weighted by Gasteiger charge is 2.34. The van der Waals surface area contributed by atoms with Gasteiger partial charge in [-0.1, -0.05) is 6.07 Å². The number of aromatic nitrogens is 3. The summed E-state index contributed by atoms with van der Waals surface area (Å²) in [5.41, 5.74) is 3.72. The minimum Gasteiger partial charge on any atom is -0.332 e. The number of aryl methyl sites for hydroxylation is 1. The molecule has 0 fully saturated rings. The molecule has 1 amide bonds. The maximum absolute atomic E-state index is 13.1. The molecule has 0 spiro atoms. The summed E-state index contributed by atoms with van der Waals surface area (Å²) in [7, 11) is 1.73. The van der Waals surface area contributed by atoms with Gasteiger partial charge in [-0.05, 0) is 42.8 Å². The number of carbonyl (C=O) groups excluding carboxylic acids is 1. The first kappa shape index (κ1) is 19.7. The van der Waals surface area contributed by atoms with Gasteiger partial charge in [-0.2, -0.15) is 18.3 Å². The van der Waals surface area contributed by atoms with Gasteiger partial charge in [0.15, 0.2) is 0 Å². The lowest BCUT2D eigenvalue weighted by molar-refractivity contribution is -0.134. The predicted octanol–water partition coefficient (Wildman–Crippen LogP) is 4.91. The van der Waals surface area contributed by atoms with Crippen molar-refractivity contribution in [1.82, 2.24) is 19.7 Å². The van der Waals surface area contributed by atoms with Gasteiger partial charge < -0.3 is 4.90 Å². The van der Waals surface area contributed by atoms with Crippen LogP contribution in [0.4, 0.5) is 13.2 Å². The zero-order chi connectivity index (χ0) is 21.8. The van der Waals surface area contributed by atoms with Crippen molar-refractivity contribution < 1.29 is 18.0 Å². The standard InChI is InChI=1S/C22H17F3N4OS/c1-28-20(18-6-7-19(31-18)22(23,24)25)15-8-10-29(12-17(15)27-28)21(30)14-4-5-16-13(11-14)3-2-9-26-16/h2-7,9,11H,8,10,12H2,1H3. The van der Waals surface area contributed by atoms with Crippen LogP contribution in [0.2, 0.25) is 0 Å². The van der Waals surface area contributed by atoms with Gasteiger partial charge in [0.1, 0.15) is 4.88 Å². The number of fused-ring (bicyclic) bond motifs is 2. The van der Waals surface area contributed by atoms with E-state index >= 15 is 0 Å². The van der Waals surface area contributed by atoms with Crippen LogP contribution in [0.1, 0.15) is 26.5 Å². The predicted molar refractivity (Wildman–Crippen MR) is 112 cm³/mol. The number of carbonyl (C=O) groups is 1. The molecule has 0 saturated heterocycles. The highest BCUT2D eigenvalue weighted by atomic mass is 32.1. The molecule has 4 heterocycles. The van der Waals surface area contributed by atoms with Crippen LogP contribution in [0.5, 0.6) is 0 Å². The molecule has 1 aromatic carbocycles. The number of pyridine rings is 1. The highest BCUT2D eigenvalue weighted by molar-refractivity contribution is 7.15. The van der Waals surface area contributed by atoms with Crippen molar-refractivity contribution in [2.45, 2.75) is 19.1 Å². The van der Waals surface area contributed by atoms with E-state index in [1.165, 1.54) is 6.07 Å². The van der Waals surface area contributed by atoms with Crippen LogP contribution in [0.25, 0.3) is 21.5 Å². The minimum atomic E-state index is -4.36. The molecule has 1 aliphatic heterocycles. The summed E-state index contributed by atoms with van der Waals surface area (Å²) in [5.74, 6) is -0.0981. The summed E-state index contributed by atoms with van der Waals surface area (Å²) < 4.78 is 40.7. The van der Waals surface area contributed by atoms with Crippen LogP contribution >= 0.6 is 11.3 Å². The first-order chi connectivity index (χ1) is 14.8. The quantitative estimate of drug-likeness (QED) is 0.443. The van der Waals surface area contributed by atoms with Crippen molar-refractivity contribution in [3.63, 3.8) is 0 Å². The van der Waals surface area contributed by atoms with E-state index in [0.717, 1.165) is 39.6 Å². The normalized spacial score (nSPS) is 14.1. The Bertz CT molecular complexity index is 1310. The van der Waals surface area contributed by atoms with Crippen molar-refractivity contribution in [2.75, 3.05) is 6.54 Å². The molecule has 0 atom stereocenters. The molecule has 0 unspecified atom stereocenters. The molecule has 1 aliphatic rings. The molecule has 4 aromatic rings. The van der Waals surface area contributed by atoms with E-state index in [4.69, 9.17) is 0 Å². The minimum absolute atomic E-state index is 0.0981. The zero-order valence-corrected chi connectivity index (χ0v) is 17.3. The number of hydrogen-bond acceptors (Lipinski definition) is 4. The first-order valence-electron chi connectivity index (χ1n) is 9.67. The molecule has 3 aromatic heterocycles. The fourth-order valence-electron chi connectivity index (χ4n) is 4.01. The number of thiophene rings is 1. The summed E-state index contributed by atoms with van der Waals surface area (Å²) in [5, 5.41) is 5.41. The maximum Gasteiger partial charge on any atom is 0.425 e. The van der Waals surface area contributed by atoms with Gasteiger partial charge in [-0.3, -0.25) is 14.5 Å². The van der Waals surface area contributed by atoms with E-state index in [-0.39, 0.29) is 5.91 Å². The lowest BCUT2D eigenvalue weighted by Crippen LogP contribution is -2.35. The van der Waals surface area contributed by atoms with Gasteiger partial charge in [0, 0.05) is 36.3 Å². The summed E-state index contributed by atoms with van der Waals surface area (Å²) in [4.78, 5) is 19.0. The van der Waals surface area contributed by atoms with E-state index in [9.17, 15) is 18.0 Å². The lowest BCUT2D eigenvalue weighted by Gasteiger charge is -2.26. The van der Waals surface area contributed by atoms with Crippen LogP contribution in [-0.4, -0.2) is 32.1 Å². The lowest BCUT2D eigenvalue weighted by atomic mass is 10.0. The van der Waals surface area contributed by atoms with Crippen LogP contribution in [0, 0.1) is 0 Å². The number of hydrogen-bond donors (Lipinski definition) is 0. The monoisotopic (exact) mass is 442 g/mol. The van der Waals surface area contributed by atoms with Crippen LogP contribution in [-0.2, 0) is 26.2 Å². The first-order valence-corrected chi connectivity index (χ1v) is 10.5. The molecule has 5 nitrogen and oxygen atoms in total. The van der Waals surface area contributed by atoms with Gasteiger partial charge in [0.05, 0.1) is 28.3 Å². The Morgan fingerprint density at radius 1 is 1.16 bits per heavy atom. The Labute approximate surface area is 179 Å². The van der Waals surface area contributed by atoms with Crippen molar-refractivity contribution in [3.05, 3.63) is 70.4 Å². The van der Waals surface area contributed by atoms with Gasteiger partial charge in [-0.25, -0.2) is 0 Å². The second-order valence-electron chi connectivity index (χ2n) is 7.45. The zero-order valence-electron chi connectivity index (χ0n) is 16.5. The third kappa shape index (κ3) is 3.48. The molecule has 158 valence electrons. The second-order valence-corrected chi connectivity index (χ2v) is 8.53. The van der Waals surface area contributed by atoms with Crippen LogP contribution in [0.15, 0.2) is 48.7 Å². The molecule has 9 heteroatoms. The second kappa shape index (κ2) is 7.19. The molecular weight excluding hydrogens is 425 g/mol. The van der Waals surface area contributed by atoms with E-state index < -0.39 is 11.1 Å². The Morgan fingerprint density at radius 2 is 2.00 bits per heavy atom. The molecule has 0 N–H and O–H groups in total.